The van der Waals surface area contributed by atoms with Crippen LogP contribution in [0.3, 0.4) is 0 Å². The first-order valence-electron chi connectivity index (χ1n) is 13.3. The first-order valence-corrected chi connectivity index (χ1v) is 13.3. The van der Waals surface area contributed by atoms with E-state index in [9.17, 15) is 4.79 Å². The molecule has 0 atom stereocenters. The average molecular weight is 530 g/mol. The van der Waals surface area contributed by atoms with E-state index in [0.29, 0.717) is 6.67 Å². The Morgan fingerprint density at radius 2 is 1.80 bits per heavy atom. The van der Waals surface area contributed by atoms with Gasteiger partial charge in [0.25, 0.3) is 0 Å². The summed E-state index contributed by atoms with van der Waals surface area (Å²) in [6.45, 7) is 8.24. The highest BCUT2D eigenvalue weighted by atomic mass is 16.2. The Balaban J connectivity index is 1.38. The number of allylic oxidation sites excluding steroid dienone is 5. The molecule has 0 radical (unpaired) electrons. The number of aromatic amines is 1. The van der Waals surface area contributed by atoms with E-state index >= 15 is 0 Å². The quantitative estimate of drug-likeness (QED) is 0.300. The summed E-state index contributed by atoms with van der Waals surface area (Å²) < 4.78 is 0. The molecule has 3 N–H and O–H groups in total. The number of hydrogen-bond donors (Lipinski definition) is 3. The molecule has 1 aliphatic carbocycles. The normalized spacial score (nSPS) is 15.2. The molecule has 8 heteroatoms. The number of aliphatic imine (C=N–C) groups is 1. The maximum Gasteiger partial charge on any atom is 0.229 e. The zero-order valence-corrected chi connectivity index (χ0v) is 23.0. The monoisotopic (exact) mass is 529 g/mol. The second-order valence-electron chi connectivity index (χ2n) is 11.2. The fourth-order valence-electron chi connectivity index (χ4n) is 4.85. The van der Waals surface area contributed by atoms with Crippen molar-refractivity contribution >= 4 is 33.9 Å². The summed E-state index contributed by atoms with van der Waals surface area (Å²) >= 11 is 0. The molecule has 4 aromatic heterocycles. The molecule has 0 saturated heterocycles. The Bertz CT molecular complexity index is 1750. The molecule has 0 saturated carbocycles. The van der Waals surface area contributed by atoms with Crippen molar-refractivity contribution in [3.8, 4) is 11.1 Å². The van der Waals surface area contributed by atoms with Crippen molar-refractivity contribution in [2.75, 3.05) is 12.0 Å². The zero-order chi connectivity index (χ0) is 27.9. The Kier molecular flexibility index (Phi) is 6.38. The lowest BCUT2D eigenvalue weighted by Gasteiger charge is -2.19. The van der Waals surface area contributed by atoms with Gasteiger partial charge in [0, 0.05) is 58.0 Å². The highest BCUT2D eigenvalue weighted by Crippen LogP contribution is 2.32. The maximum absolute atomic E-state index is 12.7. The van der Waals surface area contributed by atoms with Crippen LogP contribution in [-0.4, -0.2) is 38.2 Å². The van der Waals surface area contributed by atoms with Crippen LogP contribution in [0.5, 0.6) is 0 Å². The number of nitrogens with one attached hydrogen (secondary N) is 3. The second-order valence-corrected chi connectivity index (χ2v) is 11.2. The van der Waals surface area contributed by atoms with Gasteiger partial charge in [0.05, 0.1) is 23.1 Å². The lowest BCUT2D eigenvalue weighted by molar-refractivity contribution is -0.127. The summed E-state index contributed by atoms with van der Waals surface area (Å²) in [5.74, 6) is 0.763. The molecule has 40 heavy (non-hydrogen) atoms. The molecule has 0 fully saturated rings. The smallest absolute Gasteiger partial charge is 0.229 e. The van der Waals surface area contributed by atoms with E-state index in [1.807, 2.05) is 63.6 Å². The van der Waals surface area contributed by atoms with Crippen molar-refractivity contribution in [1.82, 2.24) is 25.3 Å². The van der Waals surface area contributed by atoms with E-state index in [4.69, 9.17) is 9.98 Å². The van der Waals surface area contributed by atoms with Gasteiger partial charge in [-0.25, -0.2) is 4.98 Å². The van der Waals surface area contributed by atoms with Crippen LogP contribution in [0.15, 0.2) is 89.7 Å². The third-order valence-electron chi connectivity index (χ3n) is 7.05. The highest BCUT2D eigenvalue weighted by molar-refractivity contribution is 6.17. The SMILES string of the molecule is CC1=CC(NC(=O)C(C)(C)C)=CC(c2cnc3c(c2)C(c2cc4c(-c5ccncc5)cncc4[nH]2)=NCN3)=CC1. The average Bonchev–Trinajstić information content (AvgIpc) is 3.30. The van der Waals surface area contributed by atoms with Crippen LogP contribution < -0.4 is 10.6 Å². The molecule has 1 aliphatic heterocycles. The highest BCUT2D eigenvalue weighted by Gasteiger charge is 2.23. The van der Waals surface area contributed by atoms with E-state index < -0.39 is 5.41 Å². The van der Waals surface area contributed by atoms with Crippen molar-refractivity contribution in [1.29, 1.82) is 0 Å². The number of aromatic nitrogens is 4. The minimum Gasteiger partial charge on any atom is -0.352 e. The van der Waals surface area contributed by atoms with E-state index in [-0.39, 0.29) is 5.91 Å². The number of nitrogens with zero attached hydrogens (tertiary/aromatic N) is 4. The molecule has 200 valence electrons. The van der Waals surface area contributed by atoms with E-state index in [0.717, 1.165) is 68.1 Å². The van der Waals surface area contributed by atoms with Gasteiger partial charge >= 0.3 is 0 Å². The van der Waals surface area contributed by atoms with Gasteiger partial charge in [0.1, 0.15) is 12.5 Å². The van der Waals surface area contributed by atoms with Crippen LogP contribution in [0.25, 0.3) is 27.6 Å². The Labute approximate surface area is 233 Å². The van der Waals surface area contributed by atoms with Crippen molar-refractivity contribution in [2.45, 2.75) is 34.1 Å². The van der Waals surface area contributed by atoms with Crippen molar-refractivity contribution in [2.24, 2.45) is 10.4 Å². The number of H-pyrrole nitrogens is 1. The summed E-state index contributed by atoms with van der Waals surface area (Å²) in [6.07, 6.45) is 16.2. The summed E-state index contributed by atoms with van der Waals surface area (Å²) in [4.78, 5) is 34.5. The third-order valence-corrected chi connectivity index (χ3v) is 7.05. The van der Waals surface area contributed by atoms with Gasteiger partial charge in [-0.05, 0) is 60.9 Å². The Morgan fingerprint density at radius 1 is 0.975 bits per heavy atom. The third kappa shape index (κ3) is 4.96. The summed E-state index contributed by atoms with van der Waals surface area (Å²) in [5.41, 5.74) is 9.09. The number of fused-ring (bicyclic) bond motifs is 2. The van der Waals surface area contributed by atoms with Crippen LogP contribution >= 0.6 is 0 Å². The number of amides is 1. The molecule has 5 heterocycles. The predicted octanol–water partition coefficient (Wildman–Crippen LogP) is 6.02. The van der Waals surface area contributed by atoms with Gasteiger partial charge in [0.2, 0.25) is 5.91 Å². The summed E-state index contributed by atoms with van der Waals surface area (Å²) in [5, 5.41) is 7.46. The maximum atomic E-state index is 12.7. The molecule has 8 nitrogen and oxygen atoms in total. The molecular weight excluding hydrogens is 498 g/mol. The number of hydrogen-bond acceptors (Lipinski definition) is 6. The number of carbonyl (C=O) groups excluding carboxylic acids is 1. The number of carbonyl (C=O) groups is 1. The van der Waals surface area contributed by atoms with Crippen LogP contribution in [0.4, 0.5) is 5.82 Å². The lowest BCUT2D eigenvalue weighted by atomic mass is 9.95. The fraction of sp³-hybridized carbons (Fsp3) is 0.219. The fourth-order valence-corrected chi connectivity index (χ4v) is 4.85. The molecule has 6 rings (SSSR count). The number of rotatable bonds is 4. The van der Waals surface area contributed by atoms with Crippen LogP contribution in [-0.2, 0) is 4.79 Å². The molecule has 1 amide bonds. The molecule has 0 spiro atoms. The van der Waals surface area contributed by atoms with Gasteiger partial charge in [0.15, 0.2) is 0 Å². The van der Waals surface area contributed by atoms with Gasteiger partial charge in [-0.2, -0.15) is 0 Å². The minimum absolute atomic E-state index is 0.0225. The Hall–Kier alpha value is -4.85. The van der Waals surface area contributed by atoms with Gasteiger partial charge < -0.3 is 15.6 Å². The molecule has 0 aromatic carbocycles. The molecule has 4 aromatic rings. The topological polar surface area (TPSA) is 108 Å². The van der Waals surface area contributed by atoms with E-state index in [1.54, 1.807) is 12.4 Å². The summed E-state index contributed by atoms with van der Waals surface area (Å²) in [6, 6.07) is 8.22. The number of pyridine rings is 3. The number of anilines is 1. The lowest BCUT2D eigenvalue weighted by Crippen LogP contribution is -2.33. The van der Waals surface area contributed by atoms with Gasteiger partial charge in [-0.3, -0.25) is 19.8 Å². The van der Waals surface area contributed by atoms with Crippen molar-refractivity contribution in [3.05, 3.63) is 102 Å². The molecule has 2 aliphatic rings. The van der Waals surface area contributed by atoms with E-state index in [1.165, 1.54) is 5.57 Å². The van der Waals surface area contributed by atoms with Crippen LogP contribution in [0.1, 0.15) is 50.9 Å². The van der Waals surface area contributed by atoms with Crippen molar-refractivity contribution in [3.63, 3.8) is 0 Å². The van der Waals surface area contributed by atoms with Gasteiger partial charge in [-0.15, -0.1) is 0 Å². The zero-order valence-electron chi connectivity index (χ0n) is 23.0. The summed E-state index contributed by atoms with van der Waals surface area (Å²) in [7, 11) is 0. The largest absolute Gasteiger partial charge is 0.352 e. The van der Waals surface area contributed by atoms with Crippen LogP contribution in [0.2, 0.25) is 0 Å². The Morgan fingerprint density at radius 3 is 2.60 bits per heavy atom. The molecule has 0 unspecified atom stereocenters. The predicted molar refractivity (Wildman–Crippen MR) is 160 cm³/mol. The molecular formula is C32H31N7O. The molecule has 0 bridgehead atoms. The minimum atomic E-state index is -0.491. The second kappa shape index (κ2) is 10.0. The first kappa shape index (κ1) is 25.4. The standard InChI is InChI=1S/C32H31N7O/c1-19-5-6-21(12-23(11-19)38-31(40)32(2,3)4)22-13-25-29(36-18-37-30(25)35-15-22)27-14-24-26(16-34-17-28(24)39-27)20-7-9-33-10-8-20/h6-17,39H,5,18H2,1-4H3,(H,35,37)(H,38,40). The van der Waals surface area contributed by atoms with Crippen molar-refractivity contribution < 1.29 is 4.79 Å². The van der Waals surface area contributed by atoms with E-state index in [2.05, 4.69) is 50.7 Å². The first-order chi connectivity index (χ1) is 19.3. The van der Waals surface area contributed by atoms with Crippen LogP contribution in [0, 0.1) is 5.41 Å². The van der Waals surface area contributed by atoms with Gasteiger partial charge in [-0.1, -0.05) is 32.4 Å².